The van der Waals surface area contributed by atoms with E-state index in [2.05, 4.69) is 35.8 Å². The molecule has 1 aliphatic heterocycles. The standard InChI is InChI=1S/C25H35ClN2O3/c1-5-30-24-9-7-6-8-23(24)28-12-10-27(11-13-28)16-20(29)17-31-25-14-19(4)22(26)15-21(25)18(2)3/h6-9,14-15,18,20,29H,5,10-13,16-17H2,1-4H3. The summed E-state index contributed by atoms with van der Waals surface area (Å²) in [6, 6.07) is 12.1. The molecule has 1 atom stereocenters. The predicted molar refractivity (Wildman–Crippen MR) is 128 cm³/mol. The number of halogens is 1. The van der Waals surface area contributed by atoms with Crippen molar-refractivity contribution < 1.29 is 14.6 Å². The van der Waals surface area contributed by atoms with Crippen LogP contribution in [0.15, 0.2) is 36.4 Å². The number of rotatable bonds is 9. The summed E-state index contributed by atoms with van der Waals surface area (Å²) in [6.45, 7) is 13.4. The Labute approximate surface area is 191 Å². The molecule has 0 bridgehead atoms. The minimum Gasteiger partial charge on any atom is -0.492 e. The third-order valence-corrected chi connectivity index (χ3v) is 6.10. The van der Waals surface area contributed by atoms with Gasteiger partial charge in [-0.05, 0) is 55.2 Å². The van der Waals surface area contributed by atoms with Crippen LogP contribution in [-0.2, 0) is 0 Å². The first-order valence-electron chi connectivity index (χ1n) is 11.2. The van der Waals surface area contributed by atoms with Crippen LogP contribution < -0.4 is 14.4 Å². The van der Waals surface area contributed by atoms with Crippen LogP contribution in [0.25, 0.3) is 0 Å². The van der Waals surface area contributed by atoms with Gasteiger partial charge in [-0.1, -0.05) is 37.6 Å². The summed E-state index contributed by atoms with van der Waals surface area (Å²) in [6.07, 6.45) is -0.543. The summed E-state index contributed by atoms with van der Waals surface area (Å²) < 4.78 is 11.8. The SMILES string of the molecule is CCOc1ccccc1N1CCN(CC(O)COc2cc(C)c(Cl)cc2C(C)C)CC1. The van der Waals surface area contributed by atoms with Crippen LogP contribution in [0.2, 0.25) is 5.02 Å². The summed E-state index contributed by atoms with van der Waals surface area (Å²) in [5.74, 6) is 2.05. The van der Waals surface area contributed by atoms with Gasteiger partial charge < -0.3 is 19.5 Å². The van der Waals surface area contributed by atoms with Crippen LogP contribution in [0.1, 0.15) is 37.8 Å². The van der Waals surface area contributed by atoms with Gasteiger partial charge in [-0.3, -0.25) is 4.90 Å². The third-order valence-electron chi connectivity index (χ3n) is 5.69. The van der Waals surface area contributed by atoms with Crippen LogP contribution in [0.4, 0.5) is 5.69 Å². The summed E-state index contributed by atoms with van der Waals surface area (Å²) >= 11 is 6.28. The number of para-hydroxylation sites is 2. The Morgan fingerprint density at radius 1 is 1.03 bits per heavy atom. The van der Waals surface area contributed by atoms with Gasteiger partial charge in [-0.2, -0.15) is 0 Å². The second-order valence-corrected chi connectivity index (χ2v) is 8.85. The van der Waals surface area contributed by atoms with Gasteiger partial charge in [0, 0.05) is 37.7 Å². The number of nitrogens with zero attached hydrogens (tertiary/aromatic N) is 2. The molecule has 1 heterocycles. The van der Waals surface area contributed by atoms with Gasteiger partial charge in [0.2, 0.25) is 0 Å². The number of anilines is 1. The minimum absolute atomic E-state index is 0.272. The van der Waals surface area contributed by atoms with Crippen molar-refractivity contribution >= 4 is 17.3 Å². The fraction of sp³-hybridized carbons (Fsp3) is 0.520. The molecular weight excluding hydrogens is 412 g/mol. The summed E-state index contributed by atoms with van der Waals surface area (Å²) in [5, 5.41) is 11.3. The zero-order valence-electron chi connectivity index (χ0n) is 19.1. The number of β-amino-alcohol motifs (C(OH)–C–C–N with tert-alkyl or cyclic N) is 1. The number of piperazine rings is 1. The molecule has 170 valence electrons. The molecule has 2 aromatic carbocycles. The van der Waals surface area contributed by atoms with E-state index in [4.69, 9.17) is 21.1 Å². The first-order valence-corrected chi connectivity index (χ1v) is 11.6. The molecule has 0 aliphatic carbocycles. The van der Waals surface area contributed by atoms with Crippen molar-refractivity contribution in [1.82, 2.24) is 4.90 Å². The molecule has 1 saturated heterocycles. The smallest absolute Gasteiger partial charge is 0.142 e. The van der Waals surface area contributed by atoms with Crippen LogP contribution >= 0.6 is 11.6 Å². The highest BCUT2D eigenvalue weighted by Gasteiger charge is 2.22. The molecule has 1 aliphatic rings. The van der Waals surface area contributed by atoms with Crippen molar-refractivity contribution in [1.29, 1.82) is 0 Å². The lowest BCUT2D eigenvalue weighted by molar-refractivity contribution is 0.0658. The van der Waals surface area contributed by atoms with Gasteiger partial charge in [0.1, 0.15) is 24.2 Å². The predicted octanol–water partition coefficient (Wildman–Crippen LogP) is 4.73. The average molecular weight is 447 g/mol. The van der Waals surface area contributed by atoms with E-state index in [0.29, 0.717) is 19.1 Å². The van der Waals surface area contributed by atoms with Crippen molar-refractivity contribution in [2.75, 3.05) is 50.8 Å². The lowest BCUT2D eigenvalue weighted by Gasteiger charge is -2.37. The van der Waals surface area contributed by atoms with Crippen molar-refractivity contribution in [2.45, 2.75) is 39.7 Å². The van der Waals surface area contributed by atoms with E-state index in [1.54, 1.807) is 0 Å². The molecule has 1 unspecified atom stereocenters. The molecule has 3 rings (SSSR count). The summed E-state index contributed by atoms with van der Waals surface area (Å²) in [4.78, 5) is 4.65. The Bertz CT molecular complexity index is 851. The van der Waals surface area contributed by atoms with E-state index in [1.165, 1.54) is 0 Å². The normalized spacial score (nSPS) is 15.9. The molecule has 0 aromatic heterocycles. The summed E-state index contributed by atoms with van der Waals surface area (Å²) in [5.41, 5.74) is 3.20. The Hall–Kier alpha value is -1.95. The maximum atomic E-state index is 10.6. The highest BCUT2D eigenvalue weighted by atomic mass is 35.5. The van der Waals surface area contributed by atoms with E-state index >= 15 is 0 Å². The maximum Gasteiger partial charge on any atom is 0.142 e. The fourth-order valence-electron chi connectivity index (χ4n) is 3.95. The molecule has 31 heavy (non-hydrogen) atoms. The van der Waals surface area contributed by atoms with Crippen molar-refractivity contribution in [3.63, 3.8) is 0 Å². The number of aryl methyl sites for hydroxylation is 1. The Morgan fingerprint density at radius 3 is 2.42 bits per heavy atom. The largest absolute Gasteiger partial charge is 0.492 e. The summed E-state index contributed by atoms with van der Waals surface area (Å²) in [7, 11) is 0. The van der Waals surface area contributed by atoms with Gasteiger partial charge in [0.25, 0.3) is 0 Å². The van der Waals surface area contributed by atoms with Crippen LogP contribution in [0.3, 0.4) is 0 Å². The first kappa shape index (κ1) is 23.7. The van der Waals surface area contributed by atoms with Gasteiger partial charge in [0.05, 0.1) is 12.3 Å². The molecule has 0 saturated carbocycles. The van der Waals surface area contributed by atoms with E-state index in [9.17, 15) is 5.11 Å². The Morgan fingerprint density at radius 2 is 1.74 bits per heavy atom. The van der Waals surface area contributed by atoms with Crippen molar-refractivity contribution in [3.8, 4) is 11.5 Å². The molecular formula is C25H35ClN2O3. The molecule has 2 aromatic rings. The van der Waals surface area contributed by atoms with Gasteiger partial charge in [-0.25, -0.2) is 0 Å². The number of hydrogen-bond acceptors (Lipinski definition) is 5. The van der Waals surface area contributed by atoms with E-state index in [-0.39, 0.29) is 6.61 Å². The zero-order chi connectivity index (χ0) is 22.4. The number of benzene rings is 2. The second kappa shape index (κ2) is 11.1. The fourth-order valence-corrected chi connectivity index (χ4v) is 4.12. The van der Waals surface area contributed by atoms with Gasteiger partial charge in [0.15, 0.2) is 0 Å². The van der Waals surface area contributed by atoms with Gasteiger partial charge in [-0.15, -0.1) is 0 Å². The number of hydrogen-bond donors (Lipinski definition) is 1. The third kappa shape index (κ3) is 6.28. The Kier molecular flexibility index (Phi) is 8.47. The van der Waals surface area contributed by atoms with Crippen molar-refractivity contribution in [2.24, 2.45) is 0 Å². The highest BCUT2D eigenvalue weighted by molar-refractivity contribution is 6.31. The molecule has 1 fully saturated rings. The zero-order valence-corrected chi connectivity index (χ0v) is 19.9. The average Bonchev–Trinajstić information content (AvgIpc) is 2.75. The van der Waals surface area contributed by atoms with E-state index < -0.39 is 6.10 Å². The topological polar surface area (TPSA) is 45.2 Å². The van der Waals surface area contributed by atoms with Crippen LogP contribution in [0, 0.1) is 6.92 Å². The number of aliphatic hydroxyl groups is 1. The Balaban J connectivity index is 1.51. The number of ether oxygens (including phenoxy) is 2. The molecule has 6 heteroatoms. The minimum atomic E-state index is -0.543. The molecule has 0 spiro atoms. The molecule has 0 radical (unpaired) electrons. The second-order valence-electron chi connectivity index (χ2n) is 8.45. The first-order chi connectivity index (χ1) is 14.9. The highest BCUT2D eigenvalue weighted by Crippen LogP contribution is 2.32. The van der Waals surface area contributed by atoms with Gasteiger partial charge >= 0.3 is 0 Å². The van der Waals surface area contributed by atoms with E-state index in [0.717, 1.165) is 59.5 Å². The quantitative estimate of drug-likeness (QED) is 0.603. The van der Waals surface area contributed by atoms with E-state index in [1.807, 2.05) is 38.1 Å². The monoisotopic (exact) mass is 446 g/mol. The van der Waals surface area contributed by atoms with Crippen molar-refractivity contribution in [3.05, 3.63) is 52.5 Å². The lowest BCUT2D eigenvalue weighted by Crippen LogP contribution is -2.49. The van der Waals surface area contributed by atoms with Crippen LogP contribution in [0.5, 0.6) is 11.5 Å². The van der Waals surface area contributed by atoms with Crippen LogP contribution in [-0.4, -0.2) is 62.0 Å². The lowest BCUT2D eigenvalue weighted by atomic mass is 10.0. The molecule has 5 nitrogen and oxygen atoms in total. The molecule has 1 N–H and O–H groups in total. The number of aliphatic hydroxyl groups excluding tert-OH is 1. The molecule has 0 amide bonds. The maximum absolute atomic E-state index is 10.6.